The van der Waals surface area contributed by atoms with Crippen molar-refractivity contribution in [2.24, 2.45) is 16.9 Å². The number of allylic oxidation sites excluding steroid dienone is 2. The average Bonchev–Trinajstić information content (AvgIpc) is 3.21. The highest BCUT2D eigenvalue weighted by Crippen LogP contribution is 2.45. The number of fused-ring (bicyclic) bond motifs is 1. The molecule has 0 unspecified atom stereocenters. The SMILES string of the molecule is C=C(/C=C\C=C(/N)C1(CNc2ccc(-c3ccc4[nH]ncc4c3)nn2)CCC1)C(N)=O. The van der Waals surface area contributed by atoms with E-state index in [-0.39, 0.29) is 11.0 Å². The molecule has 4 rings (SSSR count). The third kappa shape index (κ3) is 4.32. The van der Waals surface area contributed by atoms with Crippen LogP contribution in [0.2, 0.25) is 0 Å². The van der Waals surface area contributed by atoms with Crippen molar-refractivity contribution in [1.29, 1.82) is 0 Å². The molecular weight excluding hydrogens is 390 g/mol. The molecule has 1 amide bonds. The zero-order chi connectivity index (χ0) is 21.8. The highest BCUT2D eigenvalue weighted by Gasteiger charge is 2.39. The van der Waals surface area contributed by atoms with Crippen molar-refractivity contribution in [3.63, 3.8) is 0 Å². The van der Waals surface area contributed by atoms with E-state index in [1.54, 1.807) is 18.3 Å². The van der Waals surface area contributed by atoms with Crippen molar-refractivity contribution < 1.29 is 4.79 Å². The average molecular weight is 416 g/mol. The lowest BCUT2D eigenvalue weighted by Gasteiger charge is -2.42. The number of carbonyl (C=O) groups excluding carboxylic acids is 1. The number of carbonyl (C=O) groups is 1. The van der Waals surface area contributed by atoms with Crippen LogP contribution in [0.25, 0.3) is 22.2 Å². The summed E-state index contributed by atoms with van der Waals surface area (Å²) in [7, 11) is 0. The van der Waals surface area contributed by atoms with E-state index >= 15 is 0 Å². The minimum absolute atomic E-state index is 0.134. The van der Waals surface area contributed by atoms with E-state index in [0.717, 1.165) is 47.1 Å². The minimum atomic E-state index is -0.546. The summed E-state index contributed by atoms with van der Waals surface area (Å²) < 4.78 is 0. The number of benzene rings is 1. The monoisotopic (exact) mass is 415 g/mol. The molecule has 3 aromatic rings. The lowest BCUT2D eigenvalue weighted by molar-refractivity contribution is -0.114. The lowest BCUT2D eigenvalue weighted by atomic mass is 9.66. The fraction of sp³-hybridized carbons (Fsp3) is 0.217. The molecule has 1 aliphatic rings. The van der Waals surface area contributed by atoms with Crippen LogP contribution in [0.3, 0.4) is 0 Å². The van der Waals surface area contributed by atoms with Crippen molar-refractivity contribution in [3.05, 3.63) is 72.6 Å². The Labute approximate surface area is 180 Å². The van der Waals surface area contributed by atoms with Gasteiger partial charge in [0.15, 0.2) is 0 Å². The van der Waals surface area contributed by atoms with Gasteiger partial charge in [-0.05, 0) is 43.2 Å². The van der Waals surface area contributed by atoms with Crippen molar-refractivity contribution >= 4 is 22.6 Å². The number of anilines is 1. The number of aromatic nitrogens is 4. The molecule has 1 aromatic carbocycles. The molecule has 2 heterocycles. The summed E-state index contributed by atoms with van der Waals surface area (Å²) in [6.07, 6.45) is 9.99. The maximum atomic E-state index is 11.1. The maximum Gasteiger partial charge on any atom is 0.248 e. The first-order valence-corrected chi connectivity index (χ1v) is 10.1. The molecule has 0 spiro atoms. The number of amides is 1. The van der Waals surface area contributed by atoms with Gasteiger partial charge in [0.25, 0.3) is 0 Å². The fourth-order valence-corrected chi connectivity index (χ4v) is 3.64. The summed E-state index contributed by atoms with van der Waals surface area (Å²) in [6.45, 7) is 4.26. The number of nitrogens with one attached hydrogen (secondary N) is 2. The van der Waals surface area contributed by atoms with Crippen molar-refractivity contribution in [3.8, 4) is 11.3 Å². The first-order chi connectivity index (χ1) is 15.0. The fourth-order valence-electron chi connectivity index (χ4n) is 3.64. The number of nitrogens with zero attached hydrogens (tertiary/aromatic N) is 3. The Hall–Kier alpha value is -3.94. The predicted molar refractivity (Wildman–Crippen MR) is 122 cm³/mol. The Kier molecular flexibility index (Phi) is 5.53. The number of rotatable bonds is 8. The smallest absolute Gasteiger partial charge is 0.248 e. The molecule has 0 aliphatic heterocycles. The van der Waals surface area contributed by atoms with Crippen LogP contribution >= 0.6 is 0 Å². The third-order valence-electron chi connectivity index (χ3n) is 5.82. The van der Waals surface area contributed by atoms with E-state index in [2.05, 4.69) is 32.3 Å². The quantitative estimate of drug-likeness (QED) is 0.330. The van der Waals surface area contributed by atoms with Gasteiger partial charge in [0, 0.05) is 34.2 Å². The largest absolute Gasteiger partial charge is 0.402 e. The van der Waals surface area contributed by atoms with Crippen LogP contribution in [0, 0.1) is 5.41 Å². The molecule has 1 aliphatic carbocycles. The summed E-state index contributed by atoms with van der Waals surface area (Å²) >= 11 is 0. The van der Waals surface area contributed by atoms with Gasteiger partial charge < -0.3 is 16.8 Å². The predicted octanol–water partition coefficient (Wildman–Crippen LogP) is 3.04. The topological polar surface area (TPSA) is 136 Å². The standard InChI is InChI=1S/C23H25N7O/c1-15(22(25)31)4-2-5-20(24)23(10-3-11-23)14-26-21-9-8-18(29-30-21)16-6-7-19-17(12-16)13-27-28-19/h2,4-9,12-13H,1,3,10-11,14,24H2,(H2,25,31)(H,26,30)(H,27,28)/b4-2-,20-5-. The van der Waals surface area contributed by atoms with Crippen LogP contribution in [0.1, 0.15) is 19.3 Å². The van der Waals surface area contributed by atoms with Gasteiger partial charge in [-0.15, -0.1) is 10.2 Å². The molecule has 0 bridgehead atoms. The van der Waals surface area contributed by atoms with Gasteiger partial charge >= 0.3 is 0 Å². The first-order valence-electron chi connectivity index (χ1n) is 10.1. The number of primary amides is 1. The van der Waals surface area contributed by atoms with E-state index in [1.165, 1.54) is 0 Å². The van der Waals surface area contributed by atoms with Crippen molar-refractivity contribution in [2.45, 2.75) is 19.3 Å². The second kappa shape index (κ2) is 8.43. The molecule has 0 radical (unpaired) electrons. The zero-order valence-electron chi connectivity index (χ0n) is 17.1. The molecule has 1 fully saturated rings. The molecule has 6 N–H and O–H groups in total. The van der Waals surface area contributed by atoms with Crippen LogP contribution in [-0.4, -0.2) is 32.8 Å². The van der Waals surface area contributed by atoms with Gasteiger partial charge in [0.1, 0.15) is 5.82 Å². The van der Waals surface area contributed by atoms with Gasteiger partial charge in [0.2, 0.25) is 5.91 Å². The molecule has 31 heavy (non-hydrogen) atoms. The number of nitrogens with two attached hydrogens (primary N) is 2. The van der Waals surface area contributed by atoms with E-state index in [4.69, 9.17) is 11.5 Å². The molecular formula is C23H25N7O. The lowest BCUT2D eigenvalue weighted by Crippen LogP contribution is -2.41. The Bertz CT molecular complexity index is 1170. The molecule has 158 valence electrons. The highest BCUT2D eigenvalue weighted by atomic mass is 16.1. The Balaban J connectivity index is 1.41. The van der Waals surface area contributed by atoms with Crippen molar-refractivity contribution in [1.82, 2.24) is 20.4 Å². The Morgan fingerprint density at radius 2 is 2.06 bits per heavy atom. The van der Waals surface area contributed by atoms with Crippen LogP contribution in [-0.2, 0) is 4.79 Å². The molecule has 0 atom stereocenters. The van der Waals surface area contributed by atoms with Crippen LogP contribution in [0.15, 0.2) is 72.6 Å². The second-order valence-electron chi connectivity index (χ2n) is 7.83. The second-order valence-corrected chi connectivity index (χ2v) is 7.83. The maximum absolute atomic E-state index is 11.1. The Morgan fingerprint density at radius 3 is 2.74 bits per heavy atom. The molecule has 1 saturated carbocycles. The van der Waals surface area contributed by atoms with E-state index < -0.39 is 5.91 Å². The van der Waals surface area contributed by atoms with Crippen LogP contribution < -0.4 is 16.8 Å². The minimum Gasteiger partial charge on any atom is -0.402 e. The number of H-pyrrole nitrogens is 1. The Morgan fingerprint density at radius 1 is 1.23 bits per heavy atom. The molecule has 8 heteroatoms. The normalized spacial score (nSPS) is 15.7. The van der Waals surface area contributed by atoms with Crippen molar-refractivity contribution in [2.75, 3.05) is 11.9 Å². The third-order valence-corrected chi connectivity index (χ3v) is 5.82. The van der Waals surface area contributed by atoms with Gasteiger partial charge in [0.05, 0.1) is 17.4 Å². The number of hydrogen-bond acceptors (Lipinski definition) is 6. The summed E-state index contributed by atoms with van der Waals surface area (Å²) in [4.78, 5) is 11.1. The summed E-state index contributed by atoms with van der Waals surface area (Å²) in [5.74, 6) is 0.153. The van der Waals surface area contributed by atoms with Gasteiger partial charge in [-0.25, -0.2) is 0 Å². The number of hydrogen-bond donors (Lipinski definition) is 4. The zero-order valence-corrected chi connectivity index (χ0v) is 17.1. The van der Waals surface area contributed by atoms with Crippen LogP contribution in [0.4, 0.5) is 5.82 Å². The van der Waals surface area contributed by atoms with E-state index in [0.29, 0.717) is 12.4 Å². The molecule has 0 saturated heterocycles. The summed E-state index contributed by atoms with van der Waals surface area (Å²) in [5, 5.41) is 20.1. The first kappa shape index (κ1) is 20.3. The van der Waals surface area contributed by atoms with E-state index in [9.17, 15) is 4.79 Å². The van der Waals surface area contributed by atoms with Gasteiger partial charge in [-0.2, -0.15) is 5.10 Å². The van der Waals surface area contributed by atoms with Gasteiger partial charge in [-0.3, -0.25) is 9.89 Å². The molecule has 2 aromatic heterocycles. The van der Waals surface area contributed by atoms with Gasteiger partial charge in [-0.1, -0.05) is 31.2 Å². The number of aromatic amines is 1. The van der Waals surface area contributed by atoms with E-state index in [1.807, 2.05) is 36.4 Å². The summed E-state index contributed by atoms with van der Waals surface area (Å²) in [5.41, 5.74) is 15.2. The molecule has 8 nitrogen and oxygen atoms in total. The highest BCUT2D eigenvalue weighted by molar-refractivity contribution is 5.94. The summed E-state index contributed by atoms with van der Waals surface area (Å²) in [6, 6.07) is 9.87. The van der Waals surface area contributed by atoms with Crippen LogP contribution in [0.5, 0.6) is 0 Å².